The van der Waals surface area contributed by atoms with Gasteiger partial charge in [0.25, 0.3) is 0 Å². The van der Waals surface area contributed by atoms with Gasteiger partial charge in [0, 0.05) is 49.6 Å². The maximum absolute atomic E-state index is 13.5. The average molecular weight is 473 g/mol. The Morgan fingerprint density at radius 3 is 2.68 bits per heavy atom. The molecular weight excluding hydrogens is 445 g/mol. The minimum Gasteiger partial charge on any atom is -0.381 e. The van der Waals surface area contributed by atoms with Crippen molar-refractivity contribution >= 4 is 17.4 Å². The van der Waals surface area contributed by atoms with Crippen molar-refractivity contribution < 1.29 is 22.7 Å². The fourth-order valence-corrected chi connectivity index (χ4v) is 5.05. The number of nitriles is 1. The Bertz CT molecular complexity index is 1070. The van der Waals surface area contributed by atoms with Gasteiger partial charge in [0.15, 0.2) is 0 Å². The molecule has 180 valence electrons. The van der Waals surface area contributed by atoms with E-state index >= 15 is 0 Å². The van der Waals surface area contributed by atoms with Gasteiger partial charge in [0.1, 0.15) is 0 Å². The van der Waals surface area contributed by atoms with Crippen molar-refractivity contribution in [3.05, 3.63) is 59.7 Å². The van der Waals surface area contributed by atoms with Crippen molar-refractivity contribution in [2.24, 2.45) is 11.3 Å². The first-order chi connectivity index (χ1) is 16.3. The summed E-state index contributed by atoms with van der Waals surface area (Å²) in [6.07, 6.45) is -3.88. The van der Waals surface area contributed by atoms with Crippen molar-refractivity contribution in [1.29, 1.82) is 5.26 Å². The van der Waals surface area contributed by atoms with Crippen molar-refractivity contribution in [1.82, 2.24) is 4.90 Å². The molecule has 0 radical (unpaired) electrons. The molecule has 0 bridgehead atoms. The smallest absolute Gasteiger partial charge is 0.381 e. The fraction of sp³-hybridized carbons (Fsp3) is 0.440. The Morgan fingerprint density at radius 1 is 1.24 bits per heavy atom. The molecule has 2 aromatic rings. The van der Waals surface area contributed by atoms with Gasteiger partial charge in [-0.25, -0.2) is 4.79 Å². The molecular formula is C25H27F3N4O2. The van der Waals surface area contributed by atoms with Crippen LogP contribution in [0.5, 0.6) is 0 Å². The molecule has 0 aromatic heterocycles. The highest BCUT2D eigenvalue weighted by atomic mass is 19.4. The second-order valence-corrected chi connectivity index (χ2v) is 8.92. The second-order valence-electron chi connectivity index (χ2n) is 8.92. The standard InChI is InChI=1S/C25H27F3N4O2/c1-2-34-17-24-15-31(23(33)30-20-6-4-3-5-7-20)11-10-19(24)14-32(16-24)21-9-8-18(13-29)22(12-21)25(26,27)28/h3-9,12,19H,2,10-11,14-17H2,1H3,(H,30,33)/t19-,24+/m0/s1. The maximum atomic E-state index is 13.5. The van der Waals surface area contributed by atoms with Gasteiger partial charge in [0.05, 0.1) is 23.8 Å². The highest BCUT2D eigenvalue weighted by Crippen LogP contribution is 2.45. The van der Waals surface area contributed by atoms with Crippen LogP contribution in [0.15, 0.2) is 48.5 Å². The minimum atomic E-state index is -4.61. The van der Waals surface area contributed by atoms with E-state index in [0.717, 1.165) is 12.5 Å². The lowest BCUT2D eigenvalue weighted by Gasteiger charge is -2.43. The van der Waals surface area contributed by atoms with Crippen molar-refractivity contribution in [2.75, 3.05) is 49.6 Å². The van der Waals surface area contributed by atoms with Gasteiger partial charge < -0.3 is 19.9 Å². The average Bonchev–Trinajstić information content (AvgIpc) is 3.21. The van der Waals surface area contributed by atoms with Gasteiger partial charge in [-0.3, -0.25) is 0 Å². The van der Waals surface area contributed by atoms with Gasteiger partial charge in [-0.05, 0) is 49.6 Å². The zero-order valence-electron chi connectivity index (χ0n) is 18.9. The molecule has 2 amide bonds. The van der Waals surface area contributed by atoms with Crippen LogP contribution in [-0.4, -0.2) is 50.3 Å². The third-order valence-electron chi connectivity index (χ3n) is 6.77. The predicted molar refractivity (Wildman–Crippen MR) is 122 cm³/mol. The van der Waals surface area contributed by atoms with Crippen LogP contribution in [0.1, 0.15) is 24.5 Å². The molecule has 2 aromatic carbocycles. The first kappa shape index (κ1) is 23.9. The highest BCUT2D eigenvalue weighted by molar-refractivity contribution is 5.89. The third kappa shape index (κ3) is 4.82. The van der Waals surface area contributed by atoms with E-state index in [1.165, 1.54) is 6.07 Å². The number of likely N-dealkylation sites (tertiary alicyclic amines) is 1. The summed E-state index contributed by atoms with van der Waals surface area (Å²) in [6, 6.07) is 14.5. The number of piperidine rings is 1. The van der Waals surface area contributed by atoms with Crippen LogP contribution in [-0.2, 0) is 10.9 Å². The van der Waals surface area contributed by atoms with E-state index in [9.17, 15) is 18.0 Å². The summed E-state index contributed by atoms with van der Waals surface area (Å²) >= 11 is 0. The number of alkyl halides is 3. The Hall–Kier alpha value is -3.25. The van der Waals surface area contributed by atoms with Gasteiger partial charge >= 0.3 is 12.2 Å². The van der Waals surface area contributed by atoms with Crippen LogP contribution in [0.2, 0.25) is 0 Å². The highest BCUT2D eigenvalue weighted by Gasteiger charge is 2.51. The number of hydrogen-bond acceptors (Lipinski definition) is 4. The van der Waals surface area contributed by atoms with Crippen molar-refractivity contribution in [3.63, 3.8) is 0 Å². The molecule has 2 atom stereocenters. The number of hydrogen-bond donors (Lipinski definition) is 1. The van der Waals surface area contributed by atoms with Crippen LogP contribution >= 0.6 is 0 Å². The van der Waals surface area contributed by atoms with Gasteiger partial charge in [-0.1, -0.05) is 18.2 Å². The maximum Gasteiger partial charge on any atom is 0.417 e. The number of para-hydroxylation sites is 1. The number of anilines is 2. The monoisotopic (exact) mass is 472 g/mol. The van der Waals surface area contributed by atoms with E-state index in [1.54, 1.807) is 17.0 Å². The van der Waals surface area contributed by atoms with E-state index in [0.29, 0.717) is 50.8 Å². The van der Waals surface area contributed by atoms with E-state index in [4.69, 9.17) is 10.00 Å². The second kappa shape index (κ2) is 9.55. The summed E-state index contributed by atoms with van der Waals surface area (Å²) in [5.41, 5.74) is -0.573. The summed E-state index contributed by atoms with van der Waals surface area (Å²) in [6.45, 7) is 4.89. The minimum absolute atomic E-state index is 0.171. The molecule has 4 rings (SSSR count). The largest absolute Gasteiger partial charge is 0.417 e. The van der Waals surface area contributed by atoms with Gasteiger partial charge in [-0.15, -0.1) is 0 Å². The van der Waals surface area contributed by atoms with Crippen LogP contribution in [0, 0.1) is 22.7 Å². The SMILES string of the molecule is CCOC[C@]12CN(C(=O)Nc3ccccc3)CC[C@H]1CN(c1ccc(C#N)c(C(F)(F)F)c1)C2. The zero-order valence-corrected chi connectivity index (χ0v) is 18.9. The van der Waals surface area contributed by atoms with Crippen LogP contribution < -0.4 is 10.2 Å². The molecule has 2 aliphatic rings. The molecule has 0 spiro atoms. The van der Waals surface area contributed by atoms with E-state index < -0.39 is 17.2 Å². The van der Waals surface area contributed by atoms with Crippen LogP contribution in [0.4, 0.5) is 29.3 Å². The molecule has 1 N–H and O–H groups in total. The molecule has 2 fully saturated rings. The molecule has 0 unspecified atom stereocenters. The molecule has 2 heterocycles. The Morgan fingerprint density at radius 2 is 2.00 bits per heavy atom. The number of ether oxygens (including phenoxy) is 1. The number of benzene rings is 2. The quantitative estimate of drug-likeness (QED) is 0.667. The van der Waals surface area contributed by atoms with Crippen molar-refractivity contribution in [2.45, 2.75) is 19.5 Å². The number of halogens is 3. The number of carbonyl (C=O) groups excluding carboxylic acids is 1. The number of amides is 2. The molecule has 9 heteroatoms. The summed E-state index contributed by atoms with van der Waals surface area (Å²) in [5, 5.41) is 12.0. The van der Waals surface area contributed by atoms with E-state index in [1.807, 2.05) is 42.2 Å². The normalized spacial score (nSPS) is 22.3. The van der Waals surface area contributed by atoms with E-state index in [-0.39, 0.29) is 17.5 Å². The number of fused-ring (bicyclic) bond motifs is 1. The molecule has 2 saturated heterocycles. The zero-order chi connectivity index (χ0) is 24.3. The summed E-state index contributed by atoms with van der Waals surface area (Å²) < 4.78 is 46.4. The predicted octanol–water partition coefficient (Wildman–Crippen LogP) is 4.97. The first-order valence-corrected chi connectivity index (χ1v) is 11.3. The first-order valence-electron chi connectivity index (χ1n) is 11.3. The molecule has 6 nitrogen and oxygen atoms in total. The Balaban J connectivity index is 1.57. The number of nitrogens with zero attached hydrogens (tertiary/aromatic N) is 3. The summed E-state index contributed by atoms with van der Waals surface area (Å²) in [7, 11) is 0. The summed E-state index contributed by atoms with van der Waals surface area (Å²) in [5.74, 6) is 0.171. The molecule has 34 heavy (non-hydrogen) atoms. The molecule has 0 saturated carbocycles. The Kier molecular flexibility index (Phi) is 6.71. The number of urea groups is 1. The van der Waals surface area contributed by atoms with Gasteiger partial charge in [-0.2, -0.15) is 18.4 Å². The molecule has 2 aliphatic heterocycles. The third-order valence-corrected chi connectivity index (χ3v) is 6.77. The lowest BCUT2D eigenvalue weighted by molar-refractivity contribution is -0.137. The van der Waals surface area contributed by atoms with Crippen LogP contribution in [0.3, 0.4) is 0 Å². The van der Waals surface area contributed by atoms with Crippen molar-refractivity contribution in [3.8, 4) is 6.07 Å². The lowest BCUT2D eigenvalue weighted by Crippen LogP contribution is -2.54. The lowest BCUT2D eigenvalue weighted by atomic mass is 9.74. The Labute approximate surface area is 196 Å². The fourth-order valence-electron chi connectivity index (χ4n) is 5.05. The van der Waals surface area contributed by atoms with Crippen LogP contribution in [0.25, 0.3) is 0 Å². The van der Waals surface area contributed by atoms with Gasteiger partial charge in [0.2, 0.25) is 0 Å². The topological polar surface area (TPSA) is 68.6 Å². The van der Waals surface area contributed by atoms with E-state index in [2.05, 4.69) is 5.32 Å². The number of carbonyl (C=O) groups is 1. The molecule has 0 aliphatic carbocycles. The number of nitrogens with one attached hydrogen (secondary N) is 1. The summed E-state index contributed by atoms with van der Waals surface area (Å²) in [4.78, 5) is 16.7. The number of rotatable bonds is 5.